The van der Waals surface area contributed by atoms with Crippen LogP contribution in [0.1, 0.15) is 6.42 Å². The van der Waals surface area contributed by atoms with Gasteiger partial charge in [0.15, 0.2) is 0 Å². The molecule has 0 radical (unpaired) electrons. The number of alkyl halides is 13. The van der Waals surface area contributed by atoms with E-state index in [0.717, 1.165) is 0 Å². The Balaban J connectivity index is 0. The molecule has 156 valence electrons. The molecule has 0 aromatic rings. The van der Waals surface area contributed by atoms with Crippen LogP contribution in [0.3, 0.4) is 0 Å². The standard InChI is InChI=1S/C6H3F9.C5H4F6/c7-3(8)1-4(9,10)2-5(11,12)6(13,14)15;1-2-4(7,8)3(6)5(9,10)11/h1H,2H2;2-3H,1H2. The smallest absolute Gasteiger partial charge is 0.230 e. The first-order valence-corrected chi connectivity index (χ1v) is 5.67. The topological polar surface area (TPSA) is 0 Å². The highest BCUT2D eigenvalue weighted by atomic mass is 19.4. The molecule has 0 rings (SSSR count). The van der Waals surface area contributed by atoms with Gasteiger partial charge in [0.2, 0.25) is 0 Å². The van der Waals surface area contributed by atoms with Crippen LogP contribution in [0.5, 0.6) is 0 Å². The van der Waals surface area contributed by atoms with Crippen LogP contribution in [-0.2, 0) is 0 Å². The van der Waals surface area contributed by atoms with Gasteiger partial charge in [0, 0.05) is 6.08 Å². The molecule has 1 unspecified atom stereocenters. The van der Waals surface area contributed by atoms with E-state index in [2.05, 4.69) is 6.58 Å². The Morgan fingerprint density at radius 1 is 0.808 bits per heavy atom. The van der Waals surface area contributed by atoms with E-state index >= 15 is 0 Å². The van der Waals surface area contributed by atoms with E-state index in [1.165, 1.54) is 0 Å². The van der Waals surface area contributed by atoms with Gasteiger partial charge in [0.05, 0.1) is 6.42 Å². The Kier molecular flexibility index (Phi) is 8.63. The molecule has 0 fully saturated rings. The van der Waals surface area contributed by atoms with Gasteiger partial charge in [0.25, 0.3) is 18.2 Å². The zero-order chi connectivity index (χ0) is 21.8. The fourth-order valence-corrected chi connectivity index (χ4v) is 0.929. The van der Waals surface area contributed by atoms with Crippen molar-refractivity contribution in [2.24, 2.45) is 0 Å². The minimum absolute atomic E-state index is 0.370. The van der Waals surface area contributed by atoms with Crippen LogP contribution in [0, 0.1) is 0 Å². The molecule has 0 heterocycles. The Labute approximate surface area is 134 Å². The summed E-state index contributed by atoms with van der Waals surface area (Å²) in [5, 5.41) is 0. The minimum Gasteiger partial charge on any atom is -0.230 e. The lowest BCUT2D eigenvalue weighted by Crippen LogP contribution is -2.41. The summed E-state index contributed by atoms with van der Waals surface area (Å²) in [5.41, 5.74) is 0. The van der Waals surface area contributed by atoms with Crippen molar-refractivity contribution in [2.45, 2.75) is 42.7 Å². The van der Waals surface area contributed by atoms with Gasteiger partial charge in [-0.15, -0.1) is 0 Å². The van der Waals surface area contributed by atoms with E-state index in [4.69, 9.17) is 0 Å². The third-order valence-electron chi connectivity index (χ3n) is 2.09. The predicted octanol–water partition coefficient (Wildman–Crippen LogP) is 6.70. The molecule has 0 bridgehead atoms. The van der Waals surface area contributed by atoms with Crippen molar-refractivity contribution >= 4 is 0 Å². The molecule has 0 N–H and O–H groups in total. The van der Waals surface area contributed by atoms with Crippen LogP contribution in [0.25, 0.3) is 0 Å². The summed E-state index contributed by atoms with van der Waals surface area (Å²) in [6, 6.07) is 0. The van der Waals surface area contributed by atoms with E-state index in [9.17, 15) is 65.9 Å². The lowest BCUT2D eigenvalue weighted by Gasteiger charge is -2.22. The van der Waals surface area contributed by atoms with Crippen molar-refractivity contribution < 1.29 is 65.9 Å². The predicted molar refractivity (Wildman–Crippen MR) is 57.0 cm³/mol. The van der Waals surface area contributed by atoms with Gasteiger partial charge in [-0.05, 0) is 6.08 Å². The van der Waals surface area contributed by atoms with Gasteiger partial charge in [-0.1, -0.05) is 6.58 Å². The van der Waals surface area contributed by atoms with Gasteiger partial charge in [-0.3, -0.25) is 0 Å². The molecular weight excluding hydrogens is 417 g/mol. The second-order valence-corrected chi connectivity index (χ2v) is 4.36. The van der Waals surface area contributed by atoms with Crippen molar-refractivity contribution in [1.82, 2.24) is 0 Å². The van der Waals surface area contributed by atoms with Crippen LogP contribution in [0.2, 0.25) is 0 Å². The first-order chi connectivity index (χ1) is 11.1. The molecule has 0 saturated carbocycles. The second kappa shape index (κ2) is 8.41. The molecule has 0 aliphatic carbocycles. The Morgan fingerprint density at radius 3 is 1.38 bits per heavy atom. The number of hydrogen-bond donors (Lipinski definition) is 0. The number of halogens is 15. The lowest BCUT2D eigenvalue weighted by molar-refractivity contribution is -0.297. The number of hydrogen-bond acceptors (Lipinski definition) is 0. The highest BCUT2D eigenvalue weighted by molar-refractivity contribution is 4.98. The molecule has 15 heteroatoms. The third kappa shape index (κ3) is 9.22. The molecule has 0 nitrogen and oxygen atoms in total. The maximum absolute atomic E-state index is 12.2. The van der Waals surface area contributed by atoms with Crippen LogP contribution >= 0.6 is 0 Å². The minimum atomic E-state index is -6.20. The normalized spacial score (nSPS) is 14.9. The van der Waals surface area contributed by atoms with Gasteiger partial charge in [-0.25, -0.2) is 13.2 Å². The molecule has 0 aromatic carbocycles. The first kappa shape index (κ1) is 26.7. The molecule has 0 aliphatic heterocycles. The van der Waals surface area contributed by atoms with Crippen LogP contribution in [0.4, 0.5) is 65.9 Å². The van der Waals surface area contributed by atoms with Gasteiger partial charge in [0.1, 0.15) is 0 Å². The fourth-order valence-electron chi connectivity index (χ4n) is 0.929. The SMILES string of the molecule is C=CC(F)(F)C(F)C(F)(F)F.FC(F)=CC(F)(F)CC(F)(F)C(F)(F)F. The second-order valence-electron chi connectivity index (χ2n) is 4.36. The summed E-state index contributed by atoms with van der Waals surface area (Å²) >= 11 is 0. The average molecular weight is 424 g/mol. The zero-order valence-corrected chi connectivity index (χ0v) is 11.8. The molecule has 1 atom stereocenters. The molecule has 0 aromatic heterocycles. The Hall–Kier alpha value is -1.57. The maximum Gasteiger partial charge on any atom is 0.453 e. The van der Waals surface area contributed by atoms with Gasteiger partial charge < -0.3 is 0 Å². The quantitative estimate of drug-likeness (QED) is 0.341. The van der Waals surface area contributed by atoms with Crippen molar-refractivity contribution in [3.63, 3.8) is 0 Å². The molecular formula is C11H7F15. The summed E-state index contributed by atoms with van der Waals surface area (Å²) < 4.78 is 174. The fraction of sp³-hybridized carbons (Fsp3) is 0.636. The van der Waals surface area contributed by atoms with Crippen molar-refractivity contribution in [1.29, 1.82) is 0 Å². The number of rotatable bonds is 5. The van der Waals surface area contributed by atoms with E-state index in [1.807, 2.05) is 0 Å². The van der Waals surface area contributed by atoms with E-state index < -0.39 is 54.9 Å². The van der Waals surface area contributed by atoms with Crippen LogP contribution in [-0.4, -0.2) is 36.3 Å². The molecule has 26 heavy (non-hydrogen) atoms. The van der Waals surface area contributed by atoms with Crippen molar-refractivity contribution in [3.8, 4) is 0 Å². The molecule has 0 saturated heterocycles. The highest BCUT2D eigenvalue weighted by Gasteiger charge is 2.61. The van der Waals surface area contributed by atoms with E-state index in [-0.39, 0.29) is 6.08 Å². The van der Waals surface area contributed by atoms with Gasteiger partial charge >= 0.3 is 24.2 Å². The van der Waals surface area contributed by atoms with Crippen LogP contribution in [0.15, 0.2) is 24.8 Å². The maximum atomic E-state index is 12.2. The summed E-state index contributed by atoms with van der Waals surface area (Å²) in [6.45, 7) is 2.38. The Morgan fingerprint density at radius 2 is 1.19 bits per heavy atom. The van der Waals surface area contributed by atoms with Gasteiger partial charge in [-0.2, -0.15) is 52.7 Å². The molecule has 0 aliphatic rings. The lowest BCUT2D eigenvalue weighted by atomic mass is 10.1. The monoisotopic (exact) mass is 424 g/mol. The summed E-state index contributed by atoms with van der Waals surface area (Å²) in [6.07, 6.45) is -23.6. The molecule has 0 spiro atoms. The average Bonchev–Trinajstić information content (AvgIpc) is 2.33. The Bertz CT molecular complexity index is 477. The largest absolute Gasteiger partial charge is 0.453 e. The summed E-state index contributed by atoms with van der Waals surface area (Å²) in [5.74, 6) is -15.2. The summed E-state index contributed by atoms with van der Waals surface area (Å²) in [4.78, 5) is 0. The van der Waals surface area contributed by atoms with Crippen molar-refractivity contribution in [3.05, 3.63) is 24.8 Å². The first-order valence-electron chi connectivity index (χ1n) is 5.67. The van der Waals surface area contributed by atoms with E-state index in [0.29, 0.717) is 0 Å². The number of allylic oxidation sites excluding steroid dienone is 2. The van der Waals surface area contributed by atoms with Crippen LogP contribution < -0.4 is 0 Å². The highest BCUT2D eigenvalue weighted by Crippen LogP contribution is 2.43. The van der Waals surface area contributed by atoms with Crippen molar-refractivity contribution in [2.75, 3.05) is 0 Å². The molecule has 0 amide bonds. The van der Waals surface area contributed by atoms with E-state index in [1.54, 1.807) is 0 Å². The summed E-state index contributed by atoms with van der Waals surface area (Å²) in [7, 11) is 0. The zero-order valence-electron chi connectivity index (χ0n) is 11.8. The third-order valence-corrected chi connectivity index (χ3v) is 2.09.